The van der Waals surface area contributed by atoms with E-state index in [2.05, 4.69) is 5.32 Å². The summed E-state index contributed by atoms with van der Waals surface area (Å²) in [5.74, 6) is -0.787. The van der Waals surface area contributed by atoms with Gasteiger partial charge in [0.25, 0.3) is 0 Å². The number of amides is 1. The first-order chi connectivity index (χ1) is 10.1. The van der Waals surface area contributed by atoms with Crippen LogP contribution in [0, 0.1) is 0 Å². The Morgan fingerprint density at radius 2 is 1.81 bits per heavy atom. The Balaban J connectivity index is 2.42. The fourth-order valence-electron chi connectivity index (χ4n) is 2.21. The van der Waals surface area contributed by atoms with Gasteiger partial charge in [-0.05, 0) is 32.4 Å². The Bertz CT molecular complexity index is 444. The molecule has 1 unspecified atom stereocenters. The number of benzene rings is 1. The number of hydrogen-bond donors (Lipinski definition) is 2. The van der Waals surface area contributed by atoms with E-state index in [1.807, 2.05) is 32.0 Å². The van der Waals surface area contributed by atoms with Crippen LogP contribution in [-0.4, -0.2) is 41.5 Å². The van der Waals surface area contributed by atoms with E-state index < -0.39 is 12.0 Å². The molecule has 1 aromatic carbocycles. The molecule has 0 radical (unpaired) electrons. The molecule has 1 rings (SSSR count). The molecule has 0 heterocycles. The zero-order valence-electron chi connectivity index (χ0n) is 12.7. The summed E-state index contributed by atoms with van der Waals surface area (Å²) in [6.45, 7) is 5.83. The van der Waals surface area contributed by atoms with Crippen molar-refractivity contribution in [1.29, 1.82) is 0 Å². The molecule has 1 aromatic rings. The fraction of sp³-hybridized carbons (Fsp3) is 0.500. The van der Waals surface area contributed by atoms with Gasteiger partial charge in [0.15, 0.2) is 0 Å². The first-order valence-corrected chi connectivity index (χ1v) is 7.39. The fourth-order valence-corrected chi connectivity index (χ4v) is 2.21. The van der Waals surface area contributed by atoms with Gasteiger partial charge in [-0.15, -0.1) is 0 Å². The molecule has 21 heavy (non-hydrogen) atoms. The summed E-state index contributed by atoms with van der Waals surface area (Å²) in [5, 5.41) is 12.3. The maximum Gasteiger partial charge on any atom is 0.325 e. The van der Waals surface area contributed by atoms with Crippen LogP contribution in [0.2, 0.25) is 0 Å². The number of carboxylic acid groups (broad SMARTS) is 1. The van der Waals surface area contributed by atoms with Gasteiger partial charge in [-0.2, -0.15) is 0 Å². The van der Waals surface area contributed by atoms with E-state index in [9.17, 15) is 14.7 Å². The lowest BCUT2D eigenvalue weighted by Gasteiger charge is -2.19. The van der Waals surface area contributed by atoms with Crippen LogP contribution < -0.4 is 5.32 Å². The monoisotopic (exact) mass is 292 g/mol. The molecule has 0 aliphatic rings. The number of carbonyl (C=O) groups is 2. The molecule has 0 saturated carbocycles. The van der Waals surface area contributed by atoms with Gasteiger partial charge in [0.05, 0.1) is 0 Å². The lowest BCUT2D eigenvalue weighted by Crippen LogP contribution is -2.32. The average Bonchev–Trinajstić information content (AvgIpc) is 2.49. The van der Waals surface area contributed by atoms with Crippen molar-refractivity contribution in [3.8, 4) is 0 Å². The van der Waals surface area contributed by atoms with Crippen LogP contribution in [0.5, 0.6) is 0 Å². The van der Waals surface area contributed by atoms with Gasteiger partial charge in [0.1, 0.15) is 6.04 Å². The second kappa shape index (κ2) is 9.13. The summed E-state index contributed by atoms with van der Waals surface area (Å²) in [6, 6.07) is 8.33. The summed E-state index contributed by atoms with van der Waals surface area (Å²) in [5.41, 5.74) is 0.722. The van der Waals surface area contributed by atoms with Crippen LogP contribution in [0.15, 0.2) is 30.3 Å². The third kappa shape index (κ3) is 5.55. The number of carboxylic acids is 1. The van der Waals surface area contributed by atoms with Gasteiger partial charge in [-0.25, -0.2) is 0 Å². The van der Waals surface area contributed by atoms with E-state index in [1.165, 1.54) is 0 Å². The average molecular weight is 292 g/mol. The third-order valence-electron chi connectivity index (χ3n) is 3.41. The Morgan fingerprint density at radius 1 is 1.19 bits per heavy atom. The standard InChI is InChI=1S/C16H24N2O3/c1-3-18(4-2)14(19)11-8-12-17-15(16(20)21)13-9-6-5-7-10-13/h5-7,9-10,15,17H,3-4,8,11-12H2,1-2H3,(H,20,21). The highest BCUT2D eigenvalue weighted by Crippen LogP contribution is 2.12. The quantitative estimate of drug-likeness (QED) is 0.683. The molecule has 5 heteroatoms. The van der Waals surface area contributed by atoms with Crippen molar-refractivity contribution in [3.05, 3.63) is 35.9 Å². The van der Waals surface area contributed by atoms with Gasteiger partial charge in [0.2, 0.25) is 5.91 Å². The summed E-state index contributed by atoms with van der Waals surface area (Å²) < 4.78 is 0. The predicted octanol–water partition coefficient (Wildman–Crippen LogP) is 2.05. The van der Waals surface area contributed by atoms with Crippen LogP contribution in [0.3, 0.4) is 0 Å². The Morgan fingerprint density at radius 3 is 2.33 bits per heavy atom. The van der Waals surface area contributed by atoms with Gasteiger partial charge in [0, 0.05) is 19.5 Å². The van der Waals surface area contributed by atoms with Crippen molar-refractivity contribution in [2.45, 2.75) is 32.7 Å². The van der Waals surface area contributed by atoms with E-state index >= 15 is 0 Å². The van der Waals surface area contributed by atoms with E-state index in [-0.39, 0.29) is 5.91 Å². The molecule has 5 nitrogen and oxygen atoms in total. The first-order valence-electron chi connectivity index (χ1n) is 7.39. The number of hydrogen-bond acceptors (Lipinski definition) is 3. The minimum absolute atomic E-state index is 0.119. The van der Waals surface area contributed by atoms with E-state index in [0.717, 1.165) is 5.56 Å². The second-order valence-electron chi connectivity index (χ2n) is 4.81. The summed E-state index contributed by atoms with van der Waals surface area (Å²) in [6.07, 6.45) is 1.07. The maximum atomic E-state index is 11.8. The largest absolute Gasteiger partial charge is 0.480 e. The highest BCUT2D eigenvalue weighted by molar-refractivity contribution is 5.76. The van der Waals surface area contributed by atoms with Crippen LogP contribution in [-0.2, 0) is 9.59 Å². The third-order valence-corrected chi connectivity index (χ3v) is 3.41. The highest BCUT2D eigenvalue weighted by atomic mass is 16.4. The normalized spacial score (nSPS) is 11.9. The van der Waals surface area contributed by atoms with Crippen LogP contribution in [0.1, 0.15) is 38.3 Å². The molecule has 116 valence electrons. The zero-order valence-corrected chi connectivity index (χ0v) is 12.7. The topological polar surface area (TPSA) is 69.6 Å². The van der Waals surface area contributed by atoms with Crippen LogP contribution >= 0.6 is 0 Å². The van der Waals surface area contributed by atoms with Crippen molar-refractivity contribution in [2.75, 3.05) is 19.6 Å². The van der Waals surface area contributed by atoms with Gasteiger partial charge in [-0.3, -0.25) is 9.59 Å². The smallest absolute Gasteiger partial charge is 0.325 e. The van der Waals surface area contributed by atoms with Gasteiger partial charge >= 0.3 is 5.97 Å². The Hall–Kier alpha value is -1.88. The molecule has 0 aliphatic carbocycles. The Labute approximate surface area is 126 Å². The molecule has 2 N–H and O–H groups in total. The maximum absolute atomic E-state index is 11.8. The van der Waals surface area contributed by atoms with Crippen LogP contribution in [0.25, 0.3) is 0 Å². The van der Waals surface area contributed by atoms with Crippen molar-refractivity contribution in [1.82, 2.24) is 10.2 Å². The van der Waals surface area contributed by atoms with Crippen LogP contribution in [0.4, 0.5) is 0 Å². The zero-order chi connectivity index (χ0) is 15.7. The summed E-state index contributed by atoms with van der Waals surface area (Å²) in [7, 11) is 0. The molecule has 0 aromatic heterocycles. The van der Waals surface area contributed by atoms with Gasteiger partial charge in [-0.1, -0.05) is 30.3 Å². The second-order valence-corrected chi connectivity index (χ2v) is 4.81. The summed E-state index contributed by atoms with van der Waals surface area (Å²) >= 11 is 0. The minimum atomic E-state index is -0.906. The van der Waals surface area contributed by atoms with Crippen molar-refractivity contribution in [2.24, 2.45) is 0 Å². The van der Waals surface area contributed by atoms with Crippen molar-refractivity contribution >= 4 is 11.9 Å². The summed E-state index contributed by atoms with van der Waals surface area (Å²) in [4.78, 5) is 24.9. The van der Waals surface area contributed by atoms with Crippen molar-refractivity contribution < 1.29 is 14.7 Å². The van der Waals surface area contributed by atoms with E-state index in [4.69, 9.17) is 0 Å². The molecule has 0 fully saturated rings. The molecule has 0 spiro atoms. The molecular formula is C16H24N2O3. The van der Waals surface area contributed by atoms with E-state index in [0.29, 0.717) is 32.5 Å². The predicted molar refractivity (Wildman–Crippen MR) is 82.0 cm³/mol. The Kier molecular flexibility index (Phi) is 7.46. The molecule has 0 aliphatic heterocycles. The SMILES string of the molecule is CCN(CC)C(=O)CCCNC(C(=O)O)c1ccccc1. The number of nitrogens with one attached hydrogen (secondary N) is 1. The number of carbonyl (C=O) groups excluding carboxylic acids is 1. The molecular weight excluding hydrogens is 268 g/mol. The molecule has 1 atom stereocenters. The molecule has 1 amide bonds. The van der Waals surface area contributed by atoms with Crippen molar-refractivity contribution in [3.63, 3.8) is 0 Å². The molecule has 0 bridgehead atoms. The number of aliphatic carboxylic acids is 1. The molecule has 0 saturated heterocycles. The lowest BCUT2D eigenvalue weighted by atomic mass is 10.1. The highest BCUT2D eigenvalue weighted by Gasteiger charge is 2.18. The van der Waals surface area contributed by atoms with E-state index in [1.54, 1.807) is 17.0 Å². The minimum Gasteiger partial charge on any atom is -0.480 e. The number of rotatable bonds is 9. The lowest BCUT2D eigenvalue weighted by molar-refractivity contribution is -0.139. The number of nitrogens with zero attached hydrogens (tertiary/aromatic N) is 1. The van der Waals surface area contributed by atoms with Gasteiger partial charge < -0.3 is 15.3 Å². The first kappa shape index (κ1) is 17.2.